The maximum Gasteiger partial charge on any atom is 0.490 e. The molecule has 1 saturated heterocycles. The van der Waals surface area contributed by atoms with Crippen LogP contribution in [0.15, 0.2) is 11.0 Å². The molecule has 17 nitrogen and oxygen atoms in total. The molecule has 0 saturated carbocycles. The zero-order valence-corrected chi connectivity index (χ0v) is 18.9. The zero-order valence-electron chi connectivity index (χ0n) is 15.4. The first-order chi connectivity index (χ1) is 14.6. The molecule has 0 bridgehead atoms. The molecule has 2 aromatic heterocycles. The predicted molar refractivity (Wildman–Crippen MR) is 104 cm³/mol. The molecule has 1 aliphatic heterocycles. The highest BCUT2D eigenvalue weighted by atomic mass is 35.5. The Labute approximate surface area is 182 Å². The summed E-state index contributed by atoms with van der Waals surface area (Å²) in [6, 6.07) is 0. The van der Waals surface area contributed by atoms with Gasteiger partial charge in [0, 0.05) is 12.6 Å². The van der Waals surface area contributed by atoms with Gasteiger partial charge in [0.2, 0.25) is 5.95 Å². The molecule has 8 N–H and O–H groups in total. The van der Waals surface area contributed by atoms with Gasteiger partial charge in [0.05, 0.1) is 17.7 Å². The predicted octanol–water partition coefficient (Wildman–Crippen LogP) is -0.0481. The van der Waals surface area contributed by atoms with Crippen LogP contribution in [-0.2, 0) is 31.6 Å². The summed E-state index contributed by atoms with van der Waals surface area (Å²) in [6.07, 6.45) is -2.35. The maximum atomic E-state index is 12.0. The molecule has 180 valence electrons. The first-order valence-electron chi connectivity index (χ1n) is 8.24. The van der Waals surface area contributed by atoms with Gasteiger partial charge in [0.15, 0.2) is 5.65 Å². The van der Waals surface area contributed by atoms with Crippen LogP contribution in [0.4, 0.5) is 5.95 Å². The SMILES string of the molecule is Nc1nc2c(c(Cl)cn2C2C[C@H](O)[C@@H](COP(=O)(O)OP(=O)(O)OP(=O)(O)O)O2)c(=O)[nH]1. The summed E-state index contributed by atoms with van der Waals surface area (Å²) in [5, 5.41) is 10.2. The summed E-state index contributed by atoms with van der Waals surface area (Å²) in [5.74, 6) is -0.207. The number of ether oxygens (including phenoxy) is 1. The number of rotatable bonds is 8. The van der Waals surface area contributed by atoms with E-state index >= 15 is 0 Å². The summed E-state index contributed by atoms with van der Waals surface area (Å²) in [4.78, 5) is 53.9. The van der Waals surface area contributed by atoms with Crippen molar-refractivity contribution in [3.8, 4) is 0 Å². The summed E-state index contributed by atoms with van der Waals surface area (Å²) in [6.45, 7) is -0.857. The number of nitrogens with zero attached hydrogens (tertiary/aromatic N) is 2. The molecule has 0 spiro atoms. The molecular weight excluding hydrogens is 525 g/mol. The fraction of sp³-hybridized carbons (Fsp3) is 0.455. The Kier molecular flexibility index (Phi) is 7.07. The third-order valence-corrected chi connectivity index (χ3v) is 8.08. The smallest absolute Gasteiger partial charge is 0.390 e. The van der Waals surface area contributed by atoms with Crippen LogP contribution in [0.3, 0.4) is 0 Å². The lowest BCUT2D eigenvalue weighted by Gasteiger charge is -2.19. The number of fused-ring (bicyclic) bond motifs is 1. The van der Waals surface area contributed by atoms with Crippen molar-refractivity contribution in [2.24, 2.45) is 0 Å². The minimum atomic E-state index is -5.68. The molecule has 21 heteroatoms. The van der Waals surface area contributed by atoms with Gasteiger partial charge < -0.3 is 39.7 Å². The highest BCUT2D eigenvalue weighted by Crippen LogP contribution is 2.66. The van der Waals surface area contributed by atoms with E-state index < -0.39 is 54.1 Å². The van der Waals surface area contributed by atoms with E-state index in [1.165, 1.54) is 10.8 Å². The van der Waals surface area contributed by atoms with Crippen molar-refractivity contribution in [1.29, 1.82) is 0 Å². The summed E-state index contributed by atoms with van der Waals surface area (Å²) in [7, 11) is -16.6. The van der Waals surface area contributed by atoms with Gasteiger partial charge in [-0.25, -0.2) is 13.7 Å². The molecule has 5 atom stereocenters. The molecule has 3 heterocycles. The number of halogens is 1. The third kappa shape index (κ3) is 6.04. The van der Waals surface area contributed by atoms with Gasteiger partial charge in [-0.2, -0.15) is 13.6 Å². The fourth-order valence-corrected chi connectivity index (χ4v) is 6.16. The van der Waals surface area contributed by atoms with Gasteiger partial charge in [-0.05, 0) is 0 Å². The Balaban J connectivity index is 1.71. The van der Waals surface area contributed by atoms with E-state index in [4.69, 9.17) is 36.8 Å². The third-order valence-electron chi connectivity index (χ3n) is 3.99. The van der Waals surface area contributed by atoms with Crippen molar-refractivity contribution in [1.82, 2.24) is 14.5 Å². The number of aromatic nitrogens is 3. The van der Waals surface area contributed by atoms with E-state index in [1.807, 2.05) is 0 Å². The van der Waals surface area contributed by atoms with Crippen LogP contribution in [0.25, 0.3) is 11.0 Å². The molecule has 3 rings (SSSR count). The second-order valence-corrected chi connectivity index (χ2v) is 11.2. The molecule has 3 unspecified atom stereocenters. The number of hydrogen-bond acceptors (Lipinski definition) is 11. The Bertz CT molecular complexity index is 1230. The Morgan fingerprint density at radius 3 is 2.53 bits per heavy atom. The molecule has 0 radical (unpaired) electrons. The monoisotopic (exact) mass is 540 g/mol. The highest BCUT2D eigenvalue weighted by Gasteiger charge is 2.43. The van der Waals surface area contributed by atoms with Gasteiger partial charge in [-0.1, -0.05) is 11.6 Å². The standard InChI is InChI=1S/C11H16ClN4O13P3/c12-4-2-16(9-8(4)10(18)15-11(13)14-9)7-1-5(17)6(27-7)3-26-31(22,23)29-32(24,25)28-30(19,20)21/h2,5-7,17H,1,3H2,(H,22,23)(H,24,25)(H2,19,20,21)(H3,13,14,15,18)/t5-,6+,7?/m0/s1. The van der Waals surface area contributed by atoms with Crippen LogP contribution in [-0.4, -0.2) is 58.0 Å². The van der Waals surface area contributed by atoms with E-state index in [-0.39, 0.29) is 28.4 Å². The number of aliphatic hydroxyl groups excluding tert-OH is 1. The number of nitrogen functional groups attached to an aromatic ring is 1. The van der Waals surface area contributed by atoms with Crippen molar-refractivity contribution in [2.75, 3.05) is 12.3 Å². The number of H-pyrrole nitrogens is 1. The lowest BCUT2D eigenvalue weighted by atomic mass is 10.2. The number of nitrogens with one attached hydrogen (secondary N) is 1. The Morgan fingerprint density at radius 2 is 1.91 bits per heavy atom. The van der Waals surface area contributed by atoms with Crippen molar-refractivity contribution >= 4 is 52.1 Å². The first kappa shape index (κ1) is 25.5. The van der Waals surface area contributed by atoms with E-state index in [0.29, 0.717) is 0 Å². The van der Waals surface area contributed by atoms with Gasteiger partial charge >= 0.3 is 23.5 Å². The van der Waals surface area contributed by atoms with Crippen LogP contribution in [0.1, 0.15) is 12.6 Å². The van der Waals surface area contributed by atoms with E-state index in [1.54, 1.807) is 0 Å². The van der Waals surface area contributed by atoms with Crippen LogP contribution in [0.2, 0.25) is 5.02 Å². The average Bonchev–Trinajstić information content (AvgIpc) is 3.09. The molecule has 1 fully saturated rings. The van der Waals surface area contributed by atoms with Crippen molar-refractivity contribution in [3.63, 3.8) is 0 Å². The first-order valence-corrected chi connectivity index (χ1v) is 13.1. The zero-order chi connectivity index (χ0) is 24.1. The number of aromatic amines is 1. The van der Waals surface area contributed by atoms with E-state index in [2.05, 4.69) is 23.1 Å². The van der Waals surface area contributed by atoms with Crippen molar-refractivity contribution in [3.05, 3.63) is 21.6 Å². The molecule has 0 aliphatic carbocycles. The highest BCUT2D eigenvalue weighted by molar-refractivity contribution is 7.66. The lowest BCUT2D eigenvalue weighted by molar-refractivity contribution is -0.0421. The number of aliphatic hydroxyl groups is 1. The molecule has 2 aromatic rings. The van der Waals surface area contributed by atoms with Crippen LogP contribution in [0.5, 0.6) is 0 Å². The molecule has 32 heavy (non-hydrogen) atoms. The second kappa shape index (κ2) is 8.89. The van der Waals surface area contributed by atoms with Crippen molar-refractivity contribution in [2.45, 2.75) is 24.9 Å². The topological polar surface area (TPSA) is 266 Å². The van der Waals surface area contributed by atoms with E-state index in [9.17, 15) is 28.5 Å². The maximum absolute atomic E-state index is 12.0. The van der Waals surface area contributed by atoms with E-state index in [0.717, 1.165) is 0 Å². The van der Waals surface area contributed by atoms with Crippen LogP contribution in [0, 0.1) is 0 Å². The number of hydrogen-bond donors (Lipinski definition) is 7. The minimum Gasteiger partial charge on any atom is -0.390 e. The number of anilines is 1. The van der Waals surface area contributed by atoms with Crippen LogP contribution < -0.4 is 11.3 Å². The molecule has 0 aromatic carbocycles. The van der Waals surface area contributed by atoms with Crippen molar-refractivity contribution < 1.29 is 56.3 Å². The van der Waals surface area contributed by atoms with Gasteiger partial charge in [-0.15, -0.1) is 0 Å². The number of phosphoric ester groups is 1. The van der Waals surface area contributed by atoms with Gasteiger partial charge in [0.25, 0.3) is 5.56 Å². The molecule has 1 aliphatic rings. The molecule has 0 amide bonds. The average molecular weight is 541 g/mol. The Morgan fingerprint density at radius 1 is 1.25 bits per heavy atom. The number of phosphoric acid groups is 3. The number of nitrogens with two attached hydrogens (primary N) is 1. The van der Waals surface area contributed by atoms with Crippen LogP contribution >= 0.6 is 35.1 Å². The minimum absolute atomic E-state index is 0.00988. The summed E-state index contributed by atoms with van der Waals surface area (Å²) >= 11 is 6.05. The Hall–Kier alpha value is -1.16. The summed E-state index contributed by atoms with van der Waals surface area (Å²) < 4.78 is 52.2. The molecular formula is C11H16ClN4O13P3. The largest absolute Gasteiger partial charge is 0.490 e. The quantitative estimate of drug-likeness (QED) is 0.216. The lowest BCUT2D eigenvalue weighted by Crippen LogP contribution is -2.26. The fourth-order valence-electron chi connectivity index (χ4n) is 2.85. The van der Waals surface area contributed by atoms with Gasteiger partial charge in [0.1, 0.15) is 17.7 Å². The normalized spacial score (nSPS) is 25.6. The van der Waals surface area contributed by atoms with Gasteiger partial charge in [-0.3, -0.25) is 14.3 Å². The second-order valence-electron chi connectivity index (χ2n) is 6.35. The summed E-state index contributed by atoms with van der Waals surface area (Å²) in [5.41, 5.74) is 4.96.